The Morgan fingerprint density at radius 3 is 2.14 bits per heavy atom. The number of carbonyl (C=O) groups excluding carboxylic acids is 1. The Labute approximate surface area is 198 Å². The predicted octanol–water partition coefficient (Wildman–Crippen LogP) is 6.04. The number of amides is 2. The van der Waals surface area contributed by atoms with Crippen LogP contribution in [0.2, 0.25) is 0 Å². The lowest BCUT2D eigenvalue weighted by atomic mass is 10.2. The molecule has 2 heterocycles. The molecule has 35 heavy (non-hydrogen) atoms. The fraction of sp³-hybridized carbons (Fsp3) is 0.0833. The second kappa shape index (κ2) is 10.1. The topological polar surface area (TPSA) is 104 Å². The number of urea groups is 1. The Kier molecular flexibility index (Phi) is 6.76. The van der Waals surface area contributed by atoms with Crippen molar-refractivity contribution in [3.05, 3.63) is 89.6 Å². The molecule has 0 aliphatic rings. The highest BCUT2D eigenvalue weighted by molar-refractivity contribution is 5.99. The second-order valence-corrected chi connectivity index (χ2v) is 7.53. The molecule has 0 aliphatic heterocycles. The molecule has 4 aromatic rings. The Bertz CT molecular complexity index is 1380. The highest BCUT2D eigenvalue weighted by Crippen LogP contribution is 2.23. The number of aromatic nitrogens is 3. The molecule has 11 heteroatoms. The van der Waals surface area contributed by atoms with Gasteiger partial charge in [0.05, 0.1) is 5.69 Å². The predicted molar refractivity (Wildman–Crippen MR) is 128 cm³/mol. The number of nitrogens with one attached hydrogen (secondary N) is 4. The van der Waals surface area contributed by atoms with Crippen LogP contribution in [-0.4, -0.2) is 21.0 Å². The van der Waals surface area contributed by atoms with Crippen molar-refractivity contribution in [1.82, 2.24) is 15.0 Å². The Morgan fingerprint density at radius 2 is 1.43 bits per heavy atom. The molecule has 0 spiro atoms. The molecular weight excluding hydrogens is 459 g/mol. The molecule has 178 valence electrons. The zero-order valence-electron chi connectivity index (χ0n) is 18.7. The van der Waals surface area contributed by atoms with Gasteiger partial charge < -0.3 is 21.3 Å². The molecule has 8 nitrogen and oxygen atoms in total. The number of aryl methyl sites for hydroxylation is 2. The molecule has 2 aromatic heterocycles. The third-order valence-corrected chi connectivity index (χ3v) is 4.71. The molecule has 0 radical (unpaired) electrons. The summed E-state index contributed by atoms with van der Waals surface area (Å²) in [6, 6.07) is 13.0. The first-order valence-corrected chi connectivity index (χ1v) is 10.4. The van der Waals surface area contributed by atoms with E-state index in [9.17, 15) is 18.0 Å². The number of halogens is 3. The largest absolute Gasteiger partial charge is 0.340 e. The number of nitrogens with zero attached hydrogens (tertiary/aromatic N) is 3. The summed E-state index contributed by atoms with van der Waals surface area (Å²) in [7, 11) is 0. The van der Waals surface area contributed by atoms with Gasteiger partial charge in [-0.1, -0.05) is 0 Å². The fourth-order valence-electron chi connectivity index (χ4n) is 3.12. The van der Waals surface area contributed by atoms with E-state index in [1.54, 1.807) is 43.5 Å². The van der Waals surface area contributed by atoms with Crippen molar-refractivity contribution in [2.45, 2.75) is 13.8 Å². The second-order valence-electron chi connectivity index (χ2n) is 7.53. The highest BCUT2D eigenvalue weighted by Gasteiger charge is 2.15. The molecule has 0 atom stereocenters. The average molecular weight is 479 g/mol. The maximum atomic E-state index is 13.7. The first kappa shape index (κ1) is 23.5. The normalized spacial score (nSPS) is 10.5. The molecular formula is C24H20F3N7O. The molecule has 0 fully saturated rings. The lowest BCUT2D eigenvalue weighted by Crippen LogP contribution is -2.20. The number of hydrogen-bond donors (Lipinski definition) is 4. The van der Waals surface area contributed by atoms with Crippen molar-refractivity contribution in [2.24, 2.45) is 0 Å². The van der Waals surface area contributed by atoms with Crippen molar-refractivity contribution in [2.75, 3.05) is 21.3 Å². The zero-order valence-corrected chi connectivity index (χ0v) is 18.7. The van der Waals surface area contributed by atoms with Gasteiger partial charge in [0.15, 0.2) is 17.5 Å². The van der Waals surface area contributed by atoms with Gasteiger partial charge in [-0.15, -0.1) is 0 Å². The lowest BCUT2D eigenvalue weighted by Gasteiger charge is -2.12. The fourth-order valence-corrected chi connectivity index (χ4v) is 3.12. The van der Waals surface area contributed by atoms with Gasteiger partial charge >= 0.3 is 6.03 Å². The Morgan fingerprint density at radius 1 is 0.743 bits per heavy atom. The van der Waals surface area contributed by atoms with Crippen LogP contribution in [0.4, 0.5) is 52.5 Å². The summed E-state index contributed by atoms with van der Waals surface area (Å²) < 4.78 is 40.1. The smallest absolute Gasteiger partial charge is 0.323 e. The van der Waals surface area contributed by atoms with E-state index in [0.29, 0.717) is 34.7 Å². The van der Waals surface area contributed by atoms with E-state index in [0.717, 1.165) is 17.7 Å². The minimum absolute atomic E-state index is 0.391. The average Bonchev–Trinajstić information content (AvgIpc) is 2.80. The molecule has 2 aromatic carbocycles. The van der Waals surface area contributed by atoms with Crippen LogP contribution in [0.5, 0.6) is 0 Å². The van der Waals surface area contributed by atoms with Gasteiger partial charge in [0.1, 0.15) is 23.3 Å². The van der Waals surface area contributed by atoms with Crippen molar-refractivity contribution < 1.29 is 18.0 Å². The number of anilines is 6. The van der Waals surface area contributed by atoms with E-state index in [2.05, 4.69) is 36.2 Å². The summed E-state index contributed by atoms with van der Waals surface area (Å²) in [6.07, 6.45) is 1.70. The van der Waals surface area contributed by atoms with Gasteiger partial charge in [-0.05, 0) is 67.9 Å². The quantitative estimate of drug-likeness (QED) is 0.252. The summed E-state index contributed by atoms with van der Waals surface area (Å²) >= 11 is 0. The Hall–Kier alpha value is -4.67. The van der Waals surface area contributed by atoms with Crippen molar-refractivity contribution in [3.8, 4) is 0 Å². The number of rotatable bonds is 6. The number of pyridine rings is 1. The van der Waals surface area contributed by atoms with Crippen LogP contribution < -0.4 is 21.3 Å². The first-order valence-electron chi connectivity index (χ1n) is 10.4. The van der Waals surface area contributed by atoms with Crippen molar-refractivity contribution in [3.63, 3.8) is 0 Å². The van der Waals surface area contributed by atoms with E-state index in [4.69, 9.17) is 0 Å². The minimum Gasteiger partial charge on any atom is -0.340 e. The molecule has 0 saturated heterocycles. The van der Waals surface area contributed by atoms with Gasteiger partial charge in [-0.25, -0.2) is 32.9 Å². The van der Waals surface area contributed by atoms with Gasteiger partial charge in [-0.2, -0.15) is 0 Å². The van der Waals surface area contributed by atoms with Gasteiger partial charge in [-0.3, -0.25) is 0 Å². The molecule has 0 unspecified atom stereocenters. The highest BCUT2D eigenvalue weighted by atomic mass is 19.2. The summed E-state index contributed by atoms with van der Waals surface area (Å²) in [5.74, 6) is -2.17. The van der Waals surface area contributed by atoms with Crippen molar-refractivity contribution in [1.29, 1.82) is 0 Å². The van der Waals surface area contributed by atoms with Gasteiger partial charge in [0.2, 0.25) is 0 Å². The standard InChI is InChI=1S/C24H20F3N7O/c1-13-9-10-28-19(11-13)34-21-12-20(29-14(2)30-21)31-15-3-5-16(6-4-15)32-24(35)33-18-8-7-17(25)22(26)23(18)27/h3-12H,1-2H3,(H2,32,33,35)(H2,28,29,30,31,34). The molecule has 4 rings (SSSR count). The Balaban J connectivity index is 1.40. The van der Waals surface area contributed by atoms with Crippen molar-refractivity contribution >= 4 is 40.5 Å². The van der Waals surface area contributed by atoms with Crippen LogP contribution in [0.1, 0.15) is 11.4 Å². The maximum absolute atomic E-state index is 13.7. The van der Waals surface area contributed by atoms with Crippen LogP contribution in [0.25, 0.3) is 0 Å². The lowest BCUT2D eigenvalue weighted by molar-refractivity contribution is 0.262. The van der Waals surface area contributed by atoms with E-state index in [1.807, 2.05) is 19.1 Å². The van der Waals surface area contributed by atoms with E-state index >= 15 is 0 Å². The summed E-state index contributed by atoms with van der Waals surface area (Å²) in [6.45, 7) is 3.73. The number of benzene rings is 2. The van der Waals surface area contributed by atoms with E-state index in [1.165, 1.54) is 0 Å². The summed E-state index contributed by atoms with van der Waals surface area (Å²) in [4.78, 5) is 25.1. The monoisotopic (exact) mass is 479 g/mol. The first-order chi connectivity index (χ1) is 16.8. The molecule has 4 N–H and O–H groups in total. The van der Waals surface area contributed by atoms with Crippen LogP contribution in [0.15, 0.2) is 60.8 Å². The zero-order chi connectivity index (χ0) is 24.9. The molecule has 0 aliphatic carbocycles. The molecule has 2 amide bonds. The van der Waals surface area contributed by atoms with E-state index < -0.39 is 29.2 Å². The summed E-state index contributed by atoms with van der Waals surface area (Å²) in [5.41, 5.74) is 1.65. The van der Waals surface area contributed by atoms with Crippen LogP contribution in [-0.2, 0) is 0 Å². The van der Waals surface area contributed by atoms with E-state index in [-0.39, 0.29) is 0 Å². The number of hydrogen-bond acceptors (Lipinski definition) is 6. The van der Waals surface area contributed by atoms with Gasteiger partial charge in [0, 0.05) is 23.6 Å². The van der Waals surface area contributed by atoms with Crippen LogP contribution >= 0.6 is 0 Å². The van der Waals surface area contributed by atoms with Gasteiger partial charge in [0.25, 0.3) is 0 Å². The molecule has 0 saturated carbocycles. The maximum Gasteiger partial charge on any atom is 0.323 e. The summed E-state index contributed by atoms with van der Waals surface area (Å²) in [5, 5.41) is 10.9. The third kappa shape index (κ3) is 6.02. The molecule has 0 bridgehead atoms. The number of carbonyl (C=O) groups is 1. The third-order valence-electron chi connectivity index (χ3n) is 4.71. The van der Waals surface area contributed by atoms with Crippen LogP contribution in [0.3, 0.4) is 0 Å². The van der Waals surface area contributed by atoms with Crippen LogP contribution in [0, 0.1) is 31.3 Å². The SMILES string of the molecule is Cc1ccnc(Nc2cc(Nc3ccc(NC(=O)Nc4ccc(F)c(F)c4F)cc3)nc(C)n2)c1. The minimum atomic E-state index is -1.66.